The van der Waals surface area contributed by atoms with Crippen LogP contribution >= 0.6 is 7.82 Å². The minimum Gasteiger partial charge on any atom is -0.457 e. The average molecular weight is 899 g/mol. The quantitative estimate of drug-likeness (QED) is 0.0233. The minimum atomic E-state index is -4.64. The van der Waals surface area contributed by atoms with Crippen LogP contribution in [0.1, 0.15) is 239 Å². The monoisotopic (exact) mass is 899 g/mol. The summed E-state index contributed by atoms with van der Waals surface area (Å²) in [7, 11) is -4.64. The molecule has 0 radical (unpaired) electrons. The number of phosphoric acid groups is 1. The molecule has 3 N–H and O–H groups in total. The Labute approximate surface area is 380 Å². The second kappa shape index (κ2) is 47.2. The van der Waals surface area contributed by atoms with Gasteiger partial charge in [0.05, 0.1) is 26.4 Å². The molecule has 0 saturated carbocycles. The van der Waals surface area contributed by atoms with E-state index in [1.54, 1.807) is 0 Å². The van der Waals surface area contributed by atoms with Gasteiger partial charge in [-0.15, -0.1) is 0 Å². The van der Waals surface area contributed by atoms with Crippen LogP contribution in [0.4, 0.5) is 0 Å². The lowest BCUT2D eigenvalue weighted by molar-refractivity contribution is -0.153. The van der Waals surface area contributed by atoms with Crippen molar-refractivity contribution in [1.82, 2.24) is 0 Å². The molecule has 0 rings (SSSR count). The summed E-state index contributed by atoms with van der Waals surface area (Å²) in [6, 6.07) is 0. The Morgan fingerprint density at radius 2 is 0.710 bits per heavy atom. The molecule has 364 valence electrons. The highest BCUT2D eigenvalue weighted by atomic mass is 31.2. The first-order chi connectivity index (χ1) is 30.3. The Balaban J connectivity index is 3.84. The predicted octanol–water partition coefficient (Wildman–Crippen LogP) is 14.3. The van der Waals surface area contributed by atoms with Crippen molar-refractivity contribution in [2.75, 3.05) is 26.4 Å². The van der Waals surface area contributed by atoms with Gasteiger partial charge in [0.2, 0.25) is 0 Å². The van der Waals surface area contributed by atoms with Crippen LogP contribution in [0, 0.1) is 0 Å². The van der Waals surface area contributed by atoms with Gasteiger partial charge in [-0.1, -0.05) is 192 Å². The van der Waals surface area contributed by atoms with Crippen LogP contribution in [0.25, 0.3) is 0 Å². The number of ether oxygens (including phenoxy) is 2. The molecule has 0 aliphatic carbocycles. The lowest BCUT2D eigenvalue weighted by Gasteiger charge is -2.20. The number of esters is 2. The molecule has 0 aliphatic rings. The predicted molar refractivity (Wildman–Crippen MR) is 256 cm³/mol. The van der Waals surface area contributed by atoms with Crippen LogP contribution in [-0.2, 0) is 32.7 Å². The third-order valence-electron chi connectivity index (χ3n) is 11.1. The van der Waals surface area contributed by atoms with Gasteiger partial charge >= 0.3 is 19.8 Å². The van der Waals surface area contributed by atoms with Crippen LogP contribution in [0.15, 0.2) is 36.5 Å². The van der Waals surface area contributed by atoms with Crippen LogP contribution in [0.5, 0.6) is 0 Å². The fourth-order valence-electron chi connectivity index (χ4n) is 7.14. The lowest BCUT2D eigenvalue weighted by Crippen LogP contribution is -2.28. The van der Waals surface area contributed by atoms with E-state index < -0.39 is 58.4 Å². The fourth-order valence-corrected chi connectivity index (χ4v) is 7.93. The number of carbonyl (C=O) groups is 2. The number of phosphoric ester groups is 1. The van der Waals surface area contributed by atoms with Gasteiger partial charge in [-0.05, 0) is 70.6 Å². The van der Waals surface area contributed by atoms with E-state index in [1.807, 2.05) is 0 Å². The summed E-state index contributed by atoms with van der Waals surface area (Å²) in [6.07, 6.45) is 51.2. The van der Waals surface area contributed by atoms with Gasteiger partial charge in [0, 0.05) is 12.8 Å². The Bertz CT molecular complexity index is 1130. The number of aliphatic hydroxyl groups is 2. The molecular formula is C51H95O10P. The summed E-state index contributed by atoms with van der Waals surface area (Å²) in [5.41, 5.74) is 0. The number of unbranched alkanes of at least 4 members (excludes halogenated alkanes) is 28. The molecule has 0 heterocycles. The van der Waals surface area contributed by atoms with Crippen LogP contribution in [-0.4, -0.2) is 65.7 Å². The Kier molecular flexibility index (Phi) is 45.8. The molecule has 3 unspecified atom stereocenters. The summed E-state index contributed by atoms with van der Waals surface area (Å²) in [6.45, 7) is 2.22. The van der Waals surface area contributed by atoms with Crippen molar-refractivity contribution in [3.8, 4) is 0 Å². The van der Waals surface area contributed by atoms with E-state index >= 15 is 0 Å². The average Bonchev–Trinajstić information content (AvgIpc) is 3.26. The molecule has 3 atom stereocenters. The van der Waals surface area contributed by atoms with Crippen LogP contribution in [0.2, 0.25) is 0 Å². The van der Waals surface area contributed by atoms with Crippen molar-refractivity contribution in [1.29, 1.82) is 0 Å². The third-order valence-corrected chi connectivity index (χ3v) is 12.0. The standard InChI is InChI=1S/C51H95O10P/c1-3-5-7-9-11-13-15-17-19-21-22-23-24-25-26-27-29-31-33-35-37-39-41-43-51(55)61-49(45-53)47-59-62(56,57)58-46-48(44-52)60-50(54)42-40-38-36-34-32-30-28-20-18-16-14-12-10-8-6-4-2/h15,17,20-22,28,48-49,52-53H,3-14,16,18-19,23-27,29-47H2,1-2H3,(H,56,57)/b17-15-,22-21-,28-20-. The van der Waals surface area contributed by atoms with Crippen molar-refractivity contribution in [2.45, 2.75) is 251 Å². The molecule has 0 amide bonds. The molecule has 0 saturated heterocycles. The zero-order valence-electron chi connectivity index (χ0n) is 39.8. The second-order valence-electron chi connectivity index (χ2n) is 17.1. The van der Waals surface area contributed by atoms with E-state index in [9.17, 15) is 29.3 Å². The van der Waals surface area contributed by atoms with Gasteiger partial charge in [-0.2, -0.15) is 0 Å². The molecule has 11 heteroatoms. The number of hydrogen-bond donors (Lipinski definition) is 3. The number of allylic oxidation sites excluding steroid dienone is 6. The molecule has 0 bridgehead atoms. The highest BCUT2D eigenvalue weighted by Crippen LogP contribution is 2.43. The van der Waals surface area contributed by atoms with E-state index in [-0.39, 0.29) is 12.8 Å². The fraction of sp³-hybridized carbons (Fsp3) is 0.843. The van der Waals surface area contributed by atoms with Crippen molar-refractivity contribution in [2.24, 2.45) is 0 Å². The maximum Gasteiger partial charge on any atom is 0.472 e. The van der Waals surface area contributed by atoms with Gasteiger partial charge in [-0.3, -0.25) is 18.6 Å². The maximum atomic E-state index is 12.4. The van der Waals surface area contributed by atoms with Gasteiger partial charge in [0.25, 0.3) is 0 Å². The zero-order valence-corrected chi connectivity index (χ0v) is 40.7. The van der Waals surface area contributed by atoms with Crippen LogP contribution < -0.4 is 0 Å². The molecule has 0 aromatic heterocycles. The SMILES string of the molecule is CCCCCCC/C=C\C/C=C\CCCCCCCCCCCCCC(=O)OC(CO)COP(=O)(O)OCC(CO)OC(=O)CCCCCCC/C=C\CCCCCCCCC. The Morgan fingerprint density at radius 3 is 1.02 bits per heavy atom. The number of carbonyl (C=O) groups excluding carboxylic acids is 2. The summed E-state index contributed by atoms with van der Waals surface area (Å²) < 4.78 is 32.7. The van der Waals surface area contributed by atoms with Crippen molar-refractivity contribution < 1.29 is 47.8 Å². The van der Waals surface area contributed by atoms with Crippen LogP contribution in [0.3, 0.4) is 0 Å². The number of aliphatic hydroxyl groups excluding tert-OH is 2. The molecule has 0 fully saturated rings. The van der Waals surface area contributed by atoms with Gasteiger partial charge in [0.15, 0.2) is 0 Å². The van der Waals surface area contributed by atoms with E-state index in [1.165, 1.54) is 135 Å². The van der Waals surface area contributed by atoms with E-state index in [2.05, 4.69) is 50.3 Å². The van der Waals surface area contributed by atoms with Crippen molar-refractivity contribution >= 4 is 19.8 Å². The molecule has 0 aromatic carbocycles. The Morgan fingerprint density at radius 1 is 0.435 bits per heavy atom. The summed E-state index contributed by atoms with van der Waals surface area (Å²) >= 11 is 0. The first-order valence-electron chi connectivity index (χ1n) is 25.4. The molecular weight excluding hydrogens is 804 g/mol. The highest BCUT2D eigenvalue weighted by Gasteiger charge is 2.27. The van der Waals surface area contributed by atoms with Gasteiger partial charge in [0.1, 0.15) is 12.2 Å². The highest BCUT2D eigenvalue weighted by molar-refractivity contribution is 7.47. The molecule has 62 heavy (non-hydrogen) atoms. The molecule has 10 nitrogen and oxygen atoms in total. The van der Waals surface area contributed by atoms with Crippen molar-refractivity contribution in [3.63, 3.8) is 0 Å². The van der Waals surface area contributed by atoms with Gasteiger partial charge in [-0.25, -0.2) is 4.57 Å². The second-order valence-corrected chi connectivity index (χ2v) is 18.6. The summed E-state index contributed by atoms with van der Waals surface area (Å²) in [5.74, 6) is -1.02. The van der Waals surface area contributed by atoms with E-state index in [0.29, 0.717) is 12.8 Å². The third kappa shape index (κ3) is 44.8. The lowest BCUT2D eigenvalue weighted by atomic mass is 10.0. The molecule has 0 aliphatic heterocycles. The molecule has 0 aromatic rings. The largest absolute Gasteiger partial charge is 0.472 e. The Hall–Kier alpha value is -1.81. The smallest absolute Gasteiger partial charge is 0.457 e. The first-order valence-corrected chi connectivity index (χ1v) is 26.9. The first kappa shape index (κ1) is 60.2. The number of hydrogen-bond acceptors (Lipinski definition) is 9. The maximum absolute atomic E-state index is 12.4. The van der Waals surface area contributed by atoms with E-state index in [0.717, 1.165) is 64.2 Å². The minimum absolute atomic E-state index is 0.183. The topological polar surface area (TPSA) is 149 Å². The van der Waals surface area contributed by atoms with Crippen molar-refractivity contribution in [3.05, 3.63) is 36.5 Å². The summed E-state index contributed by atoms with van der Waals surface area (Å²) in [5, 5.41) is 19.2. The summed E-state index contributed by atoms with van der Waals surface area (Å²) in [4.78, 5) is 34.7. The normalized spacial score (nSPS) is 14.0. The molecule has 0 spiro atoms. The van der Waals surface area contributed by atoms with Gasteiger partial charge < -0.3 is 24.6 Å². The zero-order chi connectivity index (χ0) is 45.5. The number of rotatable bonds is 48. The van der Waals surface area contributed by atoms with E-state index in [4.69, 9.17) is 18.5 Å².